The zero-order chi connectivity index (χ0) is 16.9. The third-order valence-corrected chi connectivity index (χ3v) is 4.87. The minimum absolute atomic E-state index is 0.0726. The van der Waals surface area contributed by atoms with Gasteiger partial charge in [0.15, 0.2) is 5.16 Å². The van der Waals surface area contributed by atoms with E-state index in [0.29, 0.717) is 35.8 Å². The Morgan fingerprint density at radius 2 is 2.25 bits per heavy atom. The summed E-state index contributed by atoms with van der Waals surface area (Å²) in [4.78, 5) is 17.6. The molecule has 7 heteroatoms. The number of fused-ring (bicyclic) bond motifs is 1. The summed E-state index contributed by atoms with van der Waals surface area (Å²) in [6, 6.07) is 9.21. The number of halogens is 1. The van der Waals surface area contributed by atoms with Crippen LogP contribution in [0.15, 0.2) is 55.4 Å². The van der Waals surface area contributed by atoms with Crippen molar-refractivity contribution in [2.45, 2.75) is 18.6 Å². The van der Waals surface area contributed by atoms with E-state index in [9.17, 15) is 4.79 Å². The van der Waals surface area contributed by atoms with Crippen LogP contribution >= 0.6 is 27.7 Å². The molecule has 0 radical (unpaired) electrons. The standard InChI is InChI=1S/C17H17BrN2O3S/c1-2-22-8-9-24-17-19-15-6-5-12(18)10-14(15)16(21)20(17)11-13-4-3-7-23-13/h3-7,10H,2,8-9,11H2,1H3. The van der Waals surface area contributed by atoms with Crippen molar-refractivity contribution in [1.82, 2.24) is 9.55 Å². The second-order valence-corrected chi connectivity index (χ2v) is 7.05. The summed E-state index contributed by atoms with van der Waals surface area (Å²) in [5.41, 5.74) is 0.620. The van der Waals surface area contributed by atoms with Crippen LogP contribution in [-0.4, -0.2) is 28.5 Å². The van der Waals surface area contributed by atoms with Crippen molar-refractivity contribution in [3.63, 3.8) is 0 Å². The topological polar surface area (TPSA) is 57.3 Å². The number of ether oxygens (including phenoxy) is 1. The van der Waals surface area contributed by atoms with Crippen molar-refractivity contribution in [1.29, 1.82) is 0 Å². The monoisotopic (exact) mass is 408 g/mol. The van der Waals surface area contributed by atoms with Crippen LogP contribution in [0.1, 0.15) is 12.7 Å². The summed E-state index contributed by atoms with van der Waals surface area (Å²) < 4.78 is 13.3. The van der Waals surface area contributed by atoms with E-state index in [-0.39, 0.29) is 5.56 Å². The average Bonchev–Trinajstić information content (AvgIpc) is 3.09. The number of benzene rings is 1. The summed E-state index contributed by atoms with van der Waals surface area (Å²) in [6.45, 7) is 3.62. The number of hydrogen-bond donors (Lipinski definition) is 0. The summed E-state index contributed by atoms with van der Waals surface area (Å²) in [5.74, 6) is 1.46. The molecular weight excluding hydrogens is 392 g/mol. The molecule has 5 nitrogen and oxygen atoms in total. The molecule has 0 aliphatic carbocycles. The van der Waals surface area contributed by atoms with Gasteiger partial charge in [0.1, 0.15) is 5.76 Å². The van der Waals surface area contributed by atoms with Crippen molar-refractivity contribution in [2.75, 3.05) is 19.0 Å². The molecule has 0 fully saturated rings. The number of nitrogens with zero attached hydrogens (tertiary/aromatic N) is 2. The molecule has 0 unspecified atom stereocenters. The SMILES string of the molecule is CCOCCSc1nc2ccc(Br)cc2c(=O)n1Cc1ccco1. The molecule has 126 valence electrons. The van der Waals surface area contributed by atoms with Crippen molar-refractivity contribution >= 4 is 38.6 Å². The second kappa shape index (κ2) is 8.00. The van der Waals surface area contributed by atoms with Gasteiger partial charge in [0.05, 0.1) is 30.3 Å². The highest BCUT2D eigenvalue weighted by atomic mass is 79.9. The first kappa shape index (κ1) is 17.3. The minimum Gasteiger partial charge on any atom is -0.467 e. The maximum atomic E-state index is 12.9. The van der Waals surface area contributed by atoms with Gasteiger partial charge in [0, 0.05) is 16.8 Å². The molecule has 0 bridgehead atoms. The van der Waals surface area contributed by atoms with Gasteiger partial charge < -0.3 is 9.15 Å². The van der Waals surface area contributed by atoms with Crippen LogP contribution in [-0.2, 0) is 11.3 Å². The van der Waals surface area contributed by atoms with Crippen molar-refractivity contribution in [3.8, 4) is 0 Å². The summed E-state index contributed by atoms with van der Waals surface area (Å²) in [7, 11) is 0. The first-order chi connectivity index (χ1) is 11.7. The Morgan fingerprint density at radius 3 is 3.00 bits per heavy atom. The molecule has 0 spiro atoms. The molecule has 0 saturated heterocycles. The molecule has 1 aromatic carbocycles. The van der Waals surface area contributed by atoms with Crippen molar-refractivity contribution in [2.24, 2.45) is 0 Å². The van der Waals surface area contributed by atoms with E-state index >= 15 is 0 Å². The van der Waals surface area contributed by atoms with E-state index in [4.69, 9.17) is 9.15 Å². The Labute approximate surface area is 152 Å². The first-order valence-electron chi connectivity index (χ1n) is 7.62. The fraction of sp³-hybridized carbons (Fsp3) is 0.294. The Morgan fingerprint density at radius 1 is 1.38 bits per heavy atom. The smallest absolute Gasteiger partial charge is 0.262 e. The van der Waals surface area contributed by atoms with Crippen LogP contribution in [0.2, 0.25) is 0 Å². The zero-order valence-corrected chi connectivity index (χ0v) is 15.6. The van der Waals surface area contributed by atoms with Gasteiger partial charge in [-0.15, -0.1) is 0 Å². The van der Waals surface area contributed by atoms with E-state index in [1.54, 1.807) is 16.9 Å². The zero-order valence-electron chi connectivity index (χ0n) is 13.2. The number of aromatic nitrogens is 2. The fourth-order valence-corrected chi connectivity index (χ4v) is 3.53. The third-order valence-electron chi connectivity index (χ3n) is 3.44. The van der Waals surface area contributed by atoms with Gasteiger partial charge in [-0.05, 0) is 37.3 Å². The second-order valence-electron chi connectivity index (χ2n) is 5.07. The lowest BCUT2D eigenvalue weighted by Gasteiger charge is -2.12. The predicted molar refractivity (Wildman–Crippen MR) is 98.7 cm³/mol. The number of rotatable bonds is 7. The van der Waals surface area contributed by atoms with Gasteiger partial charge in [0.2, 0.25) is 0 Å². The maximum Gasteiger partial charge on any atom is 0.262 e. The molecule has 3 aromatic rings. The molecule has 0 aliphatic heterocycles. The van der Waals surface area contributed by atoms with Gasteiger partial charge in [-0.25, -0.2) is 4.98 Å². The lowest BCUT2D eigenvalue weighted by Crippen LogP contribution is -2.24. The van der Waals surface area contributed by atoms with E-state index in [1.165, 1.54) is 11.8 Å². The molecule has 0 amide bonds. The number of hydrogen-bond acceptors (Lipinski definition) is 5. The van der Waals surface area contributed by atoms with E-state index in [1.807, 2.05) is 31.2 Å². The average molecular weight is 409 g/mol. The van der Waals surface area contributed by atoms with Gasteiger partial charge in [-0.3, -0.25) is 9.36 Å². The maximum absolute atomic E-state index is 12.9. The Hall–Kier alpha value is -1.57. The molecule has 3 rings (SSSR count). The number of thioether (sulfide) groups is 1. The quantitative estimate of drug-likeness (QED) is 0.336. The molecule has 2 heterocycles. The normalized spacial score (nSPS) is 11.2. The molecule has 0 aliphatic rings. The largest absolute Gasteiger partial charge is 0.467 e. The highest BCUT2D eigenvalue weighted by Gasteiger charge is 2.13. The van der Waals surface area contributed by atoms with Gasteiger partial charge in [0.25, 0.3) is 5.56 Å². The van der Waals surface area contributed by atoms with Gasteiger partial charge in [-0.2, -0.15) is 0 Å². The fourth-order valence-electron chi connectivity index (χ4n) is 2.32. The van der Waals surface area contributed by atoms with Crippen molar-refractivity contribution in [3.05, 3.63) is 57.2 Å². The van der Waals surface area contributed by atoms with Crippen LogP contribution in [0.4, 0.5) is 0 Å². The van der Waals surface area contributed by atoms with Crippen LogP contribution < -0.4 is 5.56 Å². The summed E-state index contributed by atoms with van der Waals surface area (Å²) in [5, 5.41) is 1.26. The van der Waals surface area contributed by atoms with Crippen LogP contribution in [0.25, 0.3) is 10.9 Å². The van der Waals surface area contributed by atoms with Crippen molar-refractivity contribution < 1.29 is 9.15 Å². The summed E-state index contributed by atoms with van der Waals surface area (Å²) in [6.07, 6.45) is 1.60. The molecule has 0 atom stereocenters. The lowest BCUT2D eigenvalue weighted by molar-refractivity contribution is 0.164. The molecule has 24 heavy (non-hydrogen) atoms. The first-order valence-corrected chi connectivity index (χ1v) is 9.40. The Kier molecular flexibility index (Phi) is 5.76. The molecule has 0 N–H and O–H groups in total. The minimum atomic E-state index is -0.0726. The Balaban J connectivity index is 2.02. The summed E-state index contributed by atoms with van der Waals surface area (Å²) >= 11 is 4.93. The van der Waals surface area contributed by atoms with Crippen LogP contribution in [0.5, 0.6) is 0 Å². The highest BCUT2D eigenvalue weighted by Crippen LogP contribution is 2.21. The van der Waals surface area contributed by atoms with Gasteiger partial charge in [-0.1, -0.05) is 27.7 Å². The molecule has 0 saturated carbocycles. The predicted octanol–water partition coefficient (Wildman–Crippen LogP) is 3.93. The van der Waals surface area contributed by atoms with Crippen LogP contribution in [0, 0.1) is 0 Å². The molecule has 2 aromatic heterocycles. The Bertz CT molecular complexity index is 877. The third kappa shape index (κ3) is 3.91. The lowest BCUT2D eigenvalue weighted by atomic mass is 10.2. The van der Waals surface area contributed by atoms with E-state index in [0.717, 1.165) is 16.0 Å². The van der Waals surface area contributed by atoms with Crippen LogP contribution in [0.3, 0.4) is 0 Å². The van der Waals surface area contributed by atoms with Gasteiger partial charge >= 0.3 is 0 Å². The highest BCUT2D eigenvalue weighted by molar-refractivity contribution is 9.10. The van der Waals surface area contributed by atoms with E-state index < -0.39 is 0 Å². The van der Waals surface area contributed by atoms with E-state index in [2.05, 4.69) is 20.9 Å². The number of furan rings is 1. The molecular formula is C17H17BrN2O3S.